The molecule has 0 aliphatic rings. The lowest BCUT2D eigenvalue weighted by molar-refractivity contribution is -0.606. The molecular formula is C18H18FNO3. The molecule has 0 aromatic heterocycles. The molecule has 2 rings (SSSR count). The van der Waals surface area contributed by atoms with Crippen LogP contribution < -0.4 is 0 Å². The van der Waals surface area contributed by atoms with Gasteiger partial charge in [0.25, 0.3) is 0 Å². The number of rotatable bonds is 7. The van der Waals surface area contributed by atoms with Gasteiger partial charge in [-0.15, -0.1) is 0 Å². The number of carbonyl (C=O) groups is 1. The molecule has 4 nitrogen and oxygen atoms in total. The summed E-state index contributed by atoms with van der Waals surface area (Å²) in [6.07, 6.45) is -0.989. The van der Waals surface area contributed by atoms with E-state index in [1.165, 1.54) is 0 Å². The Morgan fingerprint density at radius 2 is 1.74 bits per heavy atom. The predicted molar refractivity (Wildman–Crippen MR) is 85.7 cm³/mol. The molecule has 1 unspecified atom stereocenters. The van der Waals surface area contributed by atoms with E-state index in [-0.39, 0.29) is 18.6 Å². The lowest BCUT2D eigenvalue weighted by Gasteiger charge is -2.16. The number of aryl methyl sites for hydroxylation is 1. The van der Waals surface area contributed by atoms with Gasteiger partial charge in [0.15, 0.2) is 5.78 Å². The van der Waals surface area contributed by atoms with Crippen molar-refractivity contribution in [1.82, 2.24) is 0 Å². The maximum absolute atomic E-state index is 14.7. The molecule has 2 aromatic rings. The first kappa shape index (κ1) is 16.8. The van der Waals surface area contributed by atoms with Crippen LogP contribution in [0, 0.1) is 17.0 Å². The van der Waals surface area contributed by atoms with Gasteiger partial charge < -0.3 is 0 Å². The Bertz CT molecular complexity index is 685. The van der Waals surface area contributed by atoms with Crippen molar-refractivity contribution in [2.75, 3.05) is 0 Å². The van der Waals surface area contributed by atoms with E-state index in [2.05, 4.69) is 0 Å². The van der Waals surface area contributed by atoms with Crippen molar-refractivity contribution in [3.05, 3.63) is 81.4 Å². The molecule has 0 fully saturated rings. The average Bonchev–Trinajstić information content (AvgIpc) is 2.54. The molecule has 23 heavy (non-hydrogen) atoms. The third kappa shape index (κ3) is 4.45. The predicted octanol–water partition coefficient (Wildman–Crippen LogP) is 4.14. The lowest BCUT2D eigenvalue weighted by atomic mass is 9.96. The SMILES string of the molecule is Cc1ccc(C(=O)CCC(F)(Cc2ccccc2)[N+](=O)[O-])cc1. The van der Waals surface area contributed by atoms with E-state index in [1.807, 2.05) is 6.92 Å². The lowest BCUT2D eigenvalue weighted by Crippen LogP contribution is -2.36. The van der Waals surface area contributed by atoms with Crippen molar-refractivity contribution >= 4 is 5.78 Å². The molecule has 0 heterocycles. The Morgan fingerprint density at radius 1 is 1.13 bits per heavy atom. The summed E-state index contributed by atoms with van der Waals surface area (Å²) in [5, 5.41) is 11.1. The van der Waals surface area contributed by atoms with E-state index in [4.69, 9.17) is 0 Å². The molecule has 0 aliphatic heterocycles. The van der Waals surface area contributed by atoms with E-state index in [0.717, 1.165) is 5.56 Å². The molecule has 0 radical (unpaired) electrons. The summed E-state index contributed by atoms with van der Waals surface area (Å²) in [6.45, 7) is 1.90. The third-order valence-electron chi connectivity index (χ3n) is 3.75. The van der Waals surface area contributed by atoms with Crippen LogP contribution in [0.5, 0.6) is 0 Å². The van der Waals surface area contributed by atoms with Gasteiger partial charge >= 0.3 is 5.79 Å². The van der Waals surface area contributed by atoms with Crippen LogP contribution in [-0.4, -0.2) is 16.5 Å². The number of hydrogen-bond donors (Lipinski definition) is 0. The number of ketones is 1. The maximum atomic E-state index is 14.7. The van der Waals surface area contributed by atoms with Crippen molar-refractivity contribution in [2.24, 2.45) is 0 Å². The van der Waals surface area contributed by atoms with Crippen LogP contribution in [0.25, 0.3) is 0 Å². The first-order chi connectivity index (χ1) is 10.9. The fourth-order valence-electron chi connectivity index (χ4n) is 2.34. The summed E-state index contributed by atoms with van der Waals surface area (Å²) in [4.78, 5) is 22.3. The Kier molecular flexibility index (Phi) is 5.21. The highest BCUT2D eigenvalue weighted by Crippen LogP contribution is 2.25. The van der Waals surface area contributed by atoms with Gasteiger partial charge in [0.1, 0.15) is 0 Å². The second-order valence-corrected chi connectivity index (χ2v) is 5.63. The van der Waals surface area contributed by atoms with Gasteiger partial charge in [-0.05, 0) is 12.5 Å². The highest BCUT2D eigenvalue weighted by molar-refractivity contribution is 5.96. The van der Waals surface area contributed by atoms with E-state index in [0.29, 0.717) is 11.1 Å². The summed E-state index contributed by atoms with van der Waals surface area (Å²) in [5.74, 6) is -2.93. The highest BCUT2D eigenvalue weighted by atomic mass is 19.1. The Labute approximate surface area is 134 Å². The quantitative estimate of drug-likeness (QED) is 0.334. The van der Waals surface area contributed by atoms with Gasteiger partial charge in [-0.25, -0.2) is 0 Å². The number of halogens is 1. The Hall–Kier alpha value is -2.56. The van der Waals surface area contributed by atoms with Crippen molar-refractivity contribution in [1.29, 1.82) is 0 Å². The highest BCUT2D eigenvalue weighted by Gasteiger charge is 2.43. The van der Waals surface area contributed by atoms with Crippen LogP contribution >= 0.6 is 0 Å². The zero-order chi connectivity index (χ0) is 16.9. The van der Waals surface area contributed by atoms with Crippen LogP contribution in [0.3, 0.4) is 0 Å². The molecule has 0 aliphatic carbocycles. The summed E-state index contributed by atoms with van der Waals surface area (Å²) in [6, 6.07) is 15.3. The average molecular weight is 315 g/mol. The standard InChI is InChI=1S/C18H18FNO3/c1-14-7-9-16(10-8-14)17(21)11-12-18(19,20(22)23)13-15-5-3-2-4-6-15/h2-10H,11-13H2,1H3. The van der Waals surface area contributed by atoms with Crippen LogP contribution in [-0.2, 0) is 6.42 Å². The van der Waals surface area contributed by atoms with Gasteiger partial charge in [-0.1, -0.05) is 60.2 Å². The molecule has 0 spiro atoms. The molecule has 0 N–H and O–H groups in total. The number of hydrogen-bond acceptors (Lipinski definition) is 3. The minimum Gasteiger partial charge on any atom is -0.294 e. The first-order valence-corrected chi connectivity index (χ1v) is 7.38. The molecule has 0 saturated carbocycles. The number of carbonyl (C=O) groups excluding carboxylic acids is 1. The number of benzene rings is 2. The van der Waals surface area contributed by atoms with Crippen molar-refractivity contribution in [2.45, 2.75) is 32.0 Å². The molecule has 0 amide bonds. The van der Waals surface area contributed by atoms with E-state index in [9.17, 15) is 19.3 Å². The summed E-state index contributed by atoms with van der Waals surface area (Å²) < 4.78 is 14.7. The fraction of sp³-hybridized carbons (Fsp3) is 0.278. The Morgan fingerprint density at radius 3 is 2.30 bits per heavy atom. The first-order valence-electron chi connectivity index (χ1n) is 7.38. The van der Waals surface area contributed by atoms with Crippen molar-refractivity contribution < 1.29 is 14.1 Å². The minimum absolute atomic E-state index is 0.201. The molecule has 0 saturated heterocycles. The summed E-state index contributed by atoms with van der Waals surface area (Å²) in [5.41, 5.74) is 1.99. The minimum atomic E-state index is -2.64. The van der Waals surface area contributed by atoms with Crippen LogP contribution in [0.4, 0.5) is 4.39 Å². The smallest absolute Gasteiger partial charge is 0.294 e. The molecule has 2 aromatic carbocycles. The summed E-state index contributed by atoms with van der Waals surface area (Å²) >= 11 is 0. The molecule has 120 valence electrons. The van der Waals surface area contributed by atoms with Crippen LogP contribution in [0.15, 0.2) is 54.6 Å². The number of alkyl halides is 1. The van der Waals surface area contributed by atoms with Gasteiger partial charge in [-0.3, -0.25) is 14.9 Å². The van der Waals surface area contributed by atoms with Gasteiger partial charge in [-0.2, -0.15) is 4.39 Å². The van der Waals surface area contributed by atoms with E-state index in [1.54, 1.807) is 54.6 Å². The topological polar surface area (TPSA) is 60.2 Å². The number of Topliss-reactive ketones (excluding diaryl/α,β-unsaturated/α-hetero) is 1. The number of nitrogens with zero attached hydrogens (tertiary/aromatic N) is 1. The molecular weight excluding hydrogens is 297 g/mol. The van der Waals surface area contributed by atoms with E-state index >= 15 is 0 Å². The zero-order valence-electron chi connectivity index (χ0n) is 12.9. The normalized spacial score (nSPS) is 13.3. The second-order valence-electron chi connectivity index (χ2n) is 5.63. The molecule has 0 bridgehead atoms. The molecule has 1 atom stereocenters. The maximum Gasteiger partial charge on any atom is 0.363 e. The molecule has 5 heteroatoms. The Balaban J connectivity index is 2.06. The fourth-order valence-corrected chi connectivity index (χ4v) is 2.34. The largest absolute Gasteiger partial charge is 0.363 e. The van der Waals surface area contributed by atoms with Crippen LogP contribution in [0.2, 0.25) is 0 Å². The number of nitro groups is 1. The van der Waals surface area contributed by atoms with Crippen LogP contribution in [0.1, 0.15) is 34.3 Å². The van der Waals surface area contributed by atoms with Crippen molar-refractivity contribution in [3.8, 4) is 0 Å². The monoisotopic (exact) mass is 315 g/mol. The van der Waals surface area contributed by atoms with Gasteiger partial charge in [0, 0.05) is 12.0 Å². The van der Waals surface area contributed by atoms with E-state index < -0.39 is 17.1 Å². The third-order valence-corrected chi connectivity index (χ3v) is 3.75. The zero-order valence-corrected chi connectivity index (χ0v) is 12.9. The van der Waals surface area contributed by atoms with Gasteiger partial charge in [0.2, 0.25) is 0 Å². The van der Waals surface area contributed by atoms with Gasteiger partial charge in [0.05, 0.1) is 17.8 Å². The van der Waals surface area contributed by atoms with Crippen molar-refractivity contribution in [3.63, 3.8) is 0 Å². The second kappa shape index (κ2) is 7.13. The summed E-state index contributed by atoms with van der Waals surface area (Å²) in [7, 11) is 0.